The molecule has 20 heavy (non-hydrogen) atoms. The number of allylic oxidation sites excluding steroid dienone is 2. The number of hydrogen-bond donors (Lipinski definition) is 1. The van der Waals surface area contributed by atoms with Crippen molar-refractivity contribution in [2.24, 2.45) is 17.8 Å². The van der Waals surface area contributed by atoms with E-state index in [1.165, 1.54) is 6.08 Å². The maximum atomic E-state index is 12.3. The zero-order chi connectivity index (χ0) is 15.6. The molecule has 0 saturated heterocycles. The maximum absolute atomic E-state index is 12.3. The Hall–Kier alpha value is -0.760. The highest BCUT2D eigenvalue weighted by atomic mass is 32.2. The Morgan fingerprint density at radius 1 is 1.50 bits per heavy atom. The SMILES string of the molecule is C[C@H](CO)CC[C@H]1C(OS(=O)(=O)C(F)(F)F)=CC[C@@H]1C. The maximum Gasteiger partial charge on any atom is 0.534 e. The molecule has 0 aromatic carbocycles. The Kier molecular flexibility index (Phi) is 5.48. The minimum Gasteiger partial charge on any atom is -0.396 e. The first kappa shape index (κ1) is 17.3. The third-order valence-corrected chi connectivity index (χ3v) is 4.49. The van der Waals surface area contributed by atoms with Crippen molar-refractivity contribution < 1.29 is 30.9 Å². The van der Waals surface area contributed by atoms with E-state index in [1.54, 1.807) is 0 Å². The van der Waals surface area contributed by atoms with Crippen LogP contribution in [0.1, 0.15) is 33.1 Å². The minimum absolute atomic E-state index is 0.0120. The van der Waals surface area contributed by atoms with Crippen LogP contribution in [-0.4, -0.2) is 25.6 Å². The fraction of sp³-hybridized carbons (Fsp3) is 0.833. The number of hydrogen-bond acceptors (Lipinski definition) is 4. The van der Waals surface area contributed by atoms with Crippen LogP contribution in [0.4, 0.5) is 13.2 Å². The zero-order valence-electron chi connectivity index (χ0n) is 11.4. The summed E-state index contributed by atoms with van der Waals surface area (Å²) >= 11 is 0. The van der Waals surface area contributed by atoms with Crippen LogP contribution in [0.25, 0.3) is 0 Å². The molecule has 0 radical (unpaired) electrons. The molecule has 0 spiro atoms. The van der Waals surface area contributed by atoms with Crippen LogP contribution in [-0.2, 0) is 14.3 Å². The summed E-state index contributed by atoms with van der Waals surface area (Å²) < 4.78 is 63.2. The molecule has 0 unspecified atom stereocenters. The minimum atomic E-state index is -5.60. The third-order valence-electron chi connectivity index (χ3n) is 3.51. The lowest BCUT2D eigenvalue weighted by Crippen LogP contribution is -2.27. The van der Waals surface area contributed by atoms with Gasteiger partial charge in [0.1, 0.15) is 5.76 Å². The van der Waals surface area contributed by atoms with Crippen molar-refractivity contribution in [2.75, 3.05) is 6.61 Å². The zero-order valence-corrected chi connectivity index (χ0v) is 12.2. The van der Waals surface area contributed by atoms with Crippen LogP contribution >= 0.6 is 0 Å². The molecule has 1 rings (SSSR count). The molecule has 0 aromatic rings. The first-order valence-corrected chi connectivity index (χ1v) is 7.81. The summed E-state index contributed by atoms with van der Waals surface area (Å²) in [5.74, 6) is -0.441. The van der Waals surface area contributed by atoms with Crippen molar-refractivity contribution in [1.82, 2.24) is 0 Å². The summed E-state index contributed by atoms with van der Waals surface area (Å²) in [6.45, 7) is 3.64. The molecule has 0 amide bonds. The van der Waals surface area contributed by atoms with Crippen molar-refractivity contribution in [1.29, 1.82) is 0 Å². The summed E-state index contributed by atoms with van der Waals surface area (Å²) in [6, 6.07) is 0. The summed E-state index contributed by atoms with van der Waals surface area (Å²) in [5, 5.41) is 8.94. The largest absolute Gasteiger partial charge is 0.534 e. The molecule has 1 aliphatic carbocycles. The highest BCUT2D eigenvalue weighted by molar-refractivity contribution is 7.87. The monoisotopic (exact) mass is 316 g/mol. The van der Waals surface area contributed by atoms with Gasteiger partial charge >= 0.3 is 15.6 Å². The molecule has 0 heterocycles. The number of halogens is 3. The Labute approximate surface area is 116 Å². The predicted molar refractivity (Wildman–Crippen MR) is 66.9 cm³/mol. The highest BCUT2D eigenvalue weighted by Gasteiger charge is 2.49. The van der Waals surface area contributed by atoms with Gasteiger partial charge in [-0.05, 0) is 37.2 Å². The summed E-state index contributed by atoms with van der Waals surface area (Å²) in [4.78, 5) is 0. The fourth-order valence-corrected chi connectivity index (χ4v) is 2.69. The van der Waals surface area contributed by atoms with Crippen molar-refractivity contribution in [3.05, 3.63) is 11.8 Å². The normalized spacial score (nSPS) is 25.4. The summed E-state index contributed by atoms with van der Waals surface area (Å²) in [5.41, 5.74) is -5.41. The van der Waals surface area contributed by atoms with E-state index in [0.29, 0.717) is 19.3 Å². The fourth-order valence-electron chi connectivity index (χ4n) is 2.15. The average molecular weight is 316 g/mol. The molecule has 118 valence electrons. The second-order valence-corrected chi connectivity index (χ2v) is 6.81. The van der Waals surface area contributed by atoms with Gasteiger partial charge < -0.3 is 9.29 Å². The quantitative estimate of drug-likeness (QED) is 0.604. The van der Waals surface area contributed by atoms with Gasteiger partial charge in [0, 0.05) is 12.5 Å². The van der Waals surface area contributed by atoms with Crippen molar-refractivity contribution >= 4 is 10.1 Å². The lowest BCUT2D eigenvalue weighted by atomic mass is 9.89. The summed E-state index contributed by atoms with van der Waals surface area (Å²) in [6.07, 6.45) is 2.98. The molecule has 0 saturated carbocycles. The van der Waals surface area contributed by atoms with Crippen molar-refractivity contribution in [3.63, 3.8) is 0 Å². The summed E-state index contributed by atoms with van der Waals surface area (Å²) in [7, 11) is -5.60. The van der Waals surface area contributed by atoms with E-state index >= 15 is 0 Å². The molecule has 0 aliphatic heterocycles. The van der Waals surface area contributed by atoms with E-state index in [2.05, 4.69) is 4.18 Å². The number of aliphatic hydroxyl groups excluding tert-OH is 1. The van der Waals surface area contributed by atoms with E-state index < -0.39 is 15.6 Å². The van der Waals surface area contributed by atoms with Crippen LogP contribution in [0.5, 0.6) is 0 Å². The second kappa shape index (κ2) is 6.34. The Morgan fingerprint density at radius 3 is 2.60 bits per heavy atom. The molecule has 1 aliphatic rings. The van der Waals surface area contributed by atoms with E-state index in [4.69, 9.17) is 5.11 Å². The van der Waals surface area contributed by atoms with Gasteiger partial charge in [0.05, 0.1) is 0 Å². The number of aliphatic hydroxyl groups is 1. The molecular weight excluding hydrogens is 297 g/mol. The predicted octanol–water partition coefficient (Wildman–Crippen LogP) is 2.80. The Balaban J connectivity index is 2.74. The second-order valence-electron chi connectivity index (χ2n) is 5.27. The van der Waals surface area contributed by atoms with E-state index in [-0.39, 0.29) is 30.1 Å². The molecule has 0 aromatic heterocycles. The van der Waals surface area contributed by atoms with Crippen LogP contribution < -0.4 is 0 Å². The Bertz CT molecular complexity index is 456. The van der Waals surface area contributed by atoms with Crippen molar-refractivity contribution in [3.8, 4) is 0 Å². The topological polar surface area (TPSA) is 63.6 Å². The highest BCUT2D eigenvalue weighted by Crippen LogP contribution is 2.39. The third kappa shape index (κ3) is 4.12. The van der Waals surface area contributed by atoms with Gasteiger partial charge in [-0.1, -0.05) is 13.8 Å². The molecule has 4 nitrogen and oxygen atoms in total. The molecule has 0 bridgehead atoms. The van der Waals surface area contributed by atoms with E-state index in [9.17, 15) is 21.6 Å². The first-order chi connectivity index (χ1) is 9.08. The molecule has 3 atom stereocenters. The Morgan fingerprint density at radius 2 is 2.10 bits per heavy atom. The van der Waals surface area contributed by atoms with Crippen molar-refractivity contribution in [2.45, 2.75) is 38.6 Å². The lowest BCUT2D eigenvalue weighted by molar-refractivity contribution is -0.0527. The number of rotatable bonds is 6. The van der Waals surface area contributed by atoms with Gasteiger partial charge in [0.2, 0.25) is 0 Å². The van der Waals surface area contributed by atoms with Gasteiger partial charge in [0.15, 0.2) is 0 Å². The first-order valence-electron chi connectivity index (χ1n) is 6.40. The molecule has 0 fully saturated rings. The van der Waals surface area contributed by atoms with Gasteiger partial charge in [-0.15, -0.1) is 0 Å². The number of alkyl halides is 3. The van der Waals surface area contributed by atoms with Crippen LogP contribution in [0, 0.1) is 17.8 Å². The van der Waals surface area contributed by atoms with Gasteiger partial charge in [0.25, 0.3) is 0 Å². The van der Waals surface area contributed by atoms with Gasteiger partial charge in [-0.25, -0.2) is 0 Å². The van der Waals surface area contributed by atoms with E-state index in [1.807, 2.05) is 13.8 Å². The van der Waals surface area contributed by atoms with Crippen LogP contribution in [0.2, 0.25) is 0 Å². The molecule has 8 heteroatoms. The van der Waals surface area contributed by atoms with Gasteiger partial charge in [-0.2, -0.15) is 21.6 Å². The standard InChI is InChI=1S/C12H19F3O4S/c1-8(7-16)3-5-10-9(2)4-6-11(10)19-20(17,18)12(13,14)15/h6,8-10,16H,3-5,7H2,1-2H3/t8-,9-,10+/m0/s1. The average Bonchev–Trinajstić information content (AvgIpc) is 2.65. The van der Waals surface area contributed by atoms with E-state index in [0.717, 1.165) is 0 Å². The van der Waals surface area contributed by atoms with Crippen LogP contribution in [0.3, 0.4) is 0 Å². The molecule has 1 N–H and O–H groups in total. The smallest absolute Gasteiger partial charge is 0.396 e. The van der Waals surface area contributed by atoms with Crippen LogP contribution in [0.15, 0.2) is 11.8 Å². The van der Waals surface area contributed by atoms with Gasteiger partial charge in [-0.3, -0.25) is 0 Å². The molecular formula is C12H19F3O4S. The lowest BCUT2D eigenvalue weighted by Gasteiger charge is -2.21.